The largest absolute Gasteiger partial charge is 0.493 e. The minimum absolute atomic E-state index is 0.0168. The Morgan fingerprint density at radius 2 is 1.73 bits per heavy atom. The molecule has 4 aliphatic rings. The van der Waals surface area contributed by atoms with Gasteiger partial charge in [-0.15, -0.1) is 0 Å². The number of carbonyl (C=O) groups is 4. The number of rotatable bonds is 8. The standard InChI is InChI=1S/C36H47N5O8/c1-17-11-21-12-23-25(14-37)41-24(29(40(23)8)27(21)33(32(17)47-10)48-16-46-9)13-22-28(31(43)19(3)18(2)30(22)42)26(41)15-38-34(44)20(4)39-35(45)49-36(5,6)7/h11,20,23-26,29H,12-13,15-16H2,1-10H3,(H,38,44)(H,39,45)/t20-,23-,24?,25-,26-,29-/m0/s1. The van der Waals surface area contributed by atoms with Crippen molar-refractivity contribution in [3.8, 4) is 17.6 Å². The van der Waals surface area contributed by atoms with Gasteiger partial charge in [-0.1, -0.05) is 6.07 Å². The molecule has 0 spiro atoms. The van der Waals surface area contributed by atoms with Crippen LogP contribution in [0, 0.1) is 18.3 Å². The highest BCUT2D eigenvalue weighted by molar-refractivity contribution is 6.25. The van der Waals surface area contributed by atoms with Crippen molar-refractivity contribution < 1.29 is 38.1 Å². The third kappa shape index (κ3) is 6.33. The van der Waals surface area contributed by atoms with Crippen molar-refractivity contribution in [3.63, 3.8) is 0 Å². The van der Waals surface area contributed by atoms with Gasteiger partial charge in [-0.3, -0.25) is 24.2 Å². The summed E-state index contributed by atoms with van der Waals surface area (Å²) < 4.78 is 22.6. The Labute approximate surface area is 287 Å². The number of aryl methyl sites for hydroxylation is 1. The number of amides is 2. The van der Waals surface area contributed by atoms with Crippen molar-refractivity contribution in [2.75, 3.05) is 34.6 Å². The summed E-state index contributed by atoms with van der Waals surface area (Å²) in [5.74, 6) is 0.120. The van der Waals surface area contributed by atoms with Gasteiger partial charge >= 0.3 is 6.09 Å². The van der Waals surface area contributed by atoms with Crippen LogP contribution in [0.2, 0.25) is 0 Å². The molecule has 13 heteroatoms. The second-order valence-corrected chi connectivity index (χ2v) is 14.3. The number of fused-ring (bicyclic) bond motifs is 6. The van der Waals surface area contributed by atoms with Crippen molar-refractivity contribution in [1.82, 2.24) is 20.4 Å². The topological polar surface area (TPSA) is 160 Å². The van der Waals surface area contributed by atoms with E-state index in [-0.39, 0.29) is 43.4 Å². The monoisotopic (exact) mass is 677 g/mol. The summed E-state index contributed by atoms with van der Waals surface area (Å²) in [4.78, 5) is 58.0. The molecule has 0 saturated carbocycles. The fourth-order valence-electron chi connectivity index (χ4n) is 7.85. The molecule has 1 aromatic rings. The lowest BCUT2D eigenvalue weighted by molar-refractivity contribution is -0.124. The van der Waals surface area contributed by atoms with E-state index in [9.17, 15) is 24.4 Å². The number of hydrogen-bond acceptors (Lipinski definition) is 11. The van der Waals surface area contributed by atoms with E-state index in [1.807, 2.05) is 18.9 Å². The zero-order valence-electron chi connectivity index (χ0n) is 30.0. The molecule has 0 aromatic heterocycles. The highest BCUT2D eigenvalue weighted by atomic mass is 16.7. The average molecular weight is 678 g/mol. The number of allylic oxidation sites excluding steroid dienone is 2. The number of alkyl carbamates (subject to hydrolysis) is 1. The molecule has 0 radical (unpaired) electrons. The molecule has 264 valence electrons. The number of likely N-dealkylation sites (N-methyl/N-ethyl adjacent to an activating group) is 1. The molecule has 2 N–H and O–H groups in total. The predicted molar refractivity (Wildman–Crippen MR) is 179 cm³/mol. The van der Waals surface area contributed by atoms with E-state index in [0.717, 1.165) is 16.7 Å². The quantitative estimate of drug-likeness (QED) is 0.308. The Morgan fingerprint density at radius 1 is 1.06 bits per heavy atom. The van der Waals surface area contributed by atoms with Crippen molar-refractivity contribution in [1.29, 1.82) is 5.26 Å². The van der Waals surface area contributed by atoms with Gasteiger partial charge < -0.3 is 29.6 Å². The summed E-state index contributed by atoms with van der Waals surface area (Å²) in [6.45, 7) is 11.9. The van der Waals surface area contributed by atoms with Crippen molar-refractivity contribution >= 4 is 23.6 Å². The number of methoxy groups -OCH3 is 2. The Balaban J connectivity index is 1.60. The van der Waals surface area contributed by atoms with Crippen LogP contribution in [0.1, 0.15) is 70.7 Å². The number of nitriles is 1. The number of carbonyl (C=O) groups excluding carboxylic acids is 4. The second kappa shape index (κ2) is 13.6. The van der Waals surface area contributed by atoms with Crippen LogP contribution in [-0.4, -0.2) is 104 Å². The summed E-state index contributed by atoms with van der Waals surface area (Å²) in [5.41, 5.74) is 3.46. The summed E-state index contributed by atoms with van der Waals surface area (Å²) in [7, 11) is 5.10. The predicted octanol–water partition coefficient (Wildman–Crippen LogP) is 3.05. The highest BCUT2D eigenvalue weighted by Gasteiger charge is 2.57. The summed E-state index contributed by atoms with van der Waals surface area (Å²) in [6, 6.07) is 1.05. The molecule has 1 fully saturated rings. The molecule has 2 amide bonds. The molecule has 5 rings (SSSR count). The number of benzene rings is 1. The molecule has 3 aliphatic heterocycles. The van der Waals surface area contributed by atoms with E-state index in [2.05, 4.69) is 27.7 Å². The molecule has 13 nitrogen and oxygen atoms in total. The number of nitrogens with zero attached hydrogens (tertiary/aromatic N) is 3. The van der Waals surface area contributed by atoms with E-state index in [1.165, 1.54) is 14.0 Å². The van der Waals surface area contributed by atoms with E-state index in [0.29, 0.717) is 40.2 Å². The Bertz CT molecular complexity index is 1680. The van der Waals surface area contributed by atoms with Gasteiger partial charge in [-0.25, -0.2) is 4.79 Å². The van der Waals surface area contributed by atoms with E-state index in [1.54, 1.807) is 41.7 Å². The minimum atomic E-state index is -0.961. The highest BCUT2D eigenvalue weighted by Crippen LogP contribution is 2.54. The van der Waals surface area contributed by atoms with E-state index in [4.69, 9.17) is 18.9 Å². The number of ketones is 2. The van der Waals surface area contributed by atoms with Crippen LogP contribution in [0.3, 0.4) is 0 Å². The van der Waals surface area contributed by atoms with Crippen molar-refractivity contribution in [3.05, 3.63) is 45.0 Å². The lowest BCUT2D eigenvalue weighted by atomic mass is 9.69. The first-order chi connectivity index (χ1) is 23.1. The molecule has 6 atom stereocenters. The first kappa shape index (κ1) is 36.0. The van der Waals surface area contributed by atoms with Gasteiger partial charge in [-0.2, -0.15) is 5.26 Å². The molecule has 1 unspecified atom stereocenters. The molecule has 3 heterocycles. The molecule has 1 saturated heterocycles. The summed E-state index contributed by atoms with van der Waals surface area (Å²) >= 11 is 0. The molecule has 1 aromatic carbocycles. The molecule has 2 bridgehead atoms. The fourth-order valence-corrected chi connectivity index (χ4v) is 7.85. The SMILES string of the molecule is COCOc1c(OC)c(C)cc2c1[C@@H]1C3CC4=C(C(=O)C(C)=C(C)C4=O)[C@H](CNC(=O)[C@H](C)NC(=O)OC(C)(C)C)N3[C@@H](C#N)[C@H](C2)N1C. The third-order valence-electron chi connectivity index (χ3n) is 10.1. The van der Waals surface area contributed by atoms with E-state index < -0.39 is 41.8 Å². The summed E-state index contributed by atoms with van der Waals surface area (Å²) in [5, 5.41) is 16.2. The van der Waals surface area contributed by atoms with Crippen LogP contribution in [-0.2, 0) is 30.3 Å². The zero-order valence-corrected chi connectivity index (χ0v) is 30.0. The number of hydrogen-bond donors (Lipinski definition) is 2. The maximum absolute atomic E-state index is 14.0. The fraction of sp³-hybridized carbons (Fsp3) is 0.583. The number of Topliss-reactive ketones (excluding diaryl/α,β-unsaturated/α-hetero) is 2. The number of piperazine rings is 1. The van der Waals surface area contributed by atoms with Gasteiger partial charge in [0.2, 0.25) is 5.91 Å². The van der Waals surface area contributed by atoms with Gasteiger partial charge in [-0.05, 0) is 79.5 Å². The first-order valence-corrected chi connectivity index (χ1v) is 16.5. The maximum atomic E-state index is 14.0. The second-order valence-electron chi connectivity index (χ2n) is 14.3. The van der Waals surface area contributed by atoms with Gasteiger partial charge in [0, 0.05) is 53.6 Å². The maximum Gasteiger partial charge on any atom is 0.408 e. The number of nitrogens with one attached hydrogen (secondary N) is 2. The van der Waals surface area contributed by atoms with Gasteiger partial charge in [0.25, 0.3) is 0 Å². The van der Waals surface area contributed by atoms with Crippen LogP contribution in [0.15, 0.2) is 28.4 Å². The summed E-state index contributed by atoms with van der Waals surface area (Å²) in [6.07, 6.45) is -0.00959. The number of ether oxygens (including phenoxy) is 4. The van der Waals surface area contributed by atoms with Crippen LogP contribution in [0.5, 0.6) is 11.5 Å². The van der Waals surface area contributed by atoms with Gasteiger partial charge in [0.1, 0.15) is 17.7 Å². The molecule has 49 heavy (non-hydrogen) atoms. The van der Waals surface area contributed by atoms with Crippen molar-refractivity contribution in [2.45, 2.75) is 103 Å². The van der Waals surface area contributed by atoms with Gasteiger partial charge in [0.15, 0.2) is 29.9 Å². The first-order valence-electron chi connectivity index (χ1n) is 16.5. The van der Waals surface area contributed by atoms with E-state index >= 15 is 0 Å². The Morgan fingerprint density at radius 3 is 2.35 bits per heavy atom. The Kier molecular flexibility index (Phi) is 9.98. The van der Waals surface area contributed by atoms with Crippen molar-refractivity contribution in [2.24, 2.45) is 0 Å². The molecular formula is C36H47N5O8. The lowest BCUT2D eigenvalue weighted by Gasteiger charge is -2.60. The van der Waals surface area contributed by atoms with Crippen LogP contribution < -0.4 is 20.1 Å². The smallest absolute Gasteiger partial charge is 0.408 e. The third-order valence-corrected chi connectivity index (χ3v) is 10.1. The molecule has 1 aliphatic carbocycles. The van der Waals surface area contributed by atoms with Crippen LogP contribution in [0.4, 0.5) is 4.79 Å². The normalized spacial score (nSPS) is 25.9. The van der Waals surface area contributed by atoms with Crippen LogP contribution in [0.25, 0.3) is 0 Å². The minimum Gasteiger partial charge on any atom is -0.493 e. The molecular weight excluding hydrogens is 630 g/mol. The van der Waals surface area contributed by atoms with Gasteiger partial charge in [0.05, 0.1) is 25.3 Å². The Hall–Kier alpha value is -4.25. The average Bonchev–Trinajstić information content (AvgIpc) is 3.03. The van der Waals surface area contributed by atoms with Crippen LogP contribution >= 0.6 is 0 Å². The zero-order chi connectivity index (χ0) is 36.1. The lowest BCUT2D eigenvalue weighted by Crippen LogP contribution is -2.71.